The number of carbonyl (C=O) groups is 1. The molecule has 0 saturated carbocycles. The van der Waals surface area contributed by atoms with Crippen molar-refractivity contribution in [2.75, 3.05) is 18.8 Å². The minimum atomic E-state index is -3.44. The molecule has 0 unspecified atom stereocenters. The van der Waals surface area contributed by atoms with Crippen molar-refractivity contribution >= 4 is 27.6 Å². The number of aryl methyl sites for hydroxylation is 1. The van der Waals surface area contributed by atoms with E-state index >= 15 is 0 Å². The Morgan fingerprint density at radius 1 is 1.11 bits per heavy atom. The van der Waals surface area contributed by atoms with Gasteiger partial charge < -0.3 is 0 Å². The van der Waals surface area contributed by atoms with Crippen molar-refractivity contribution in [1.82, 2.24) is 9.29 Å². The van der Waals surface area contributed by atoms with E-state index in [1.165, 1.54) is 27.8 Å². The third-order valence-electron chi connectivity index (χ3n) is 4.58. The average Bonchev–Trinajstić information content (AvgIpc) is 3.23. The first-order valence-electron chi connectivity index (χ1n) is 9.22. The first kappa shape index (κ1) is 20.0. The first-order valence-corrected chi connectivity index (χ1v) is 11.6. The van der Waals surface area contributed by atoms with Crippen LogP contribution in [0.1, 0.15) is 42.1 Å². The summed E-state index contributed by atoms with van der Waals surface area (Å²) in [6, 6.07) is 11.0. The molecule has 1 saturated heterocycles. The Kier molecular flexibility index (Phi) is 6.68. The molecular weight excluding hydrogens is 380 g/mol. The van der Waals surface area contributed by atoms with E-state index in [4.69, 9.17) is 0 Å². The van der Waals surface area contributed by atoms with Crippen LogP contribution in [0.3, 0.4) is 0 Å². The van der Waals surface area contributed by atoms with E-state index in [0.717, 1.165) is 25.7 Å². The molecule has 0 aliphatic carbocycles. The lowest BCUT2D eigenvalue weighted by Crippen LogP contribution is -2.27. The number of ketones is 1. The smallest absolute Gasteiger partial charge is 0.244 e. The maximum Gasteiger partial charge on any atom is 0.244 e. The summed E-state index contributed by atoms with van der Waals surface area (Å²) in [5, 5.41) is 0.645. The van der Waals surface area contributed by atoms with Crippen LogP contribution in [-0.4, -0.2) is 42.3 Å². The Morgan fingerprint density at radius 2 is 1.81 bits per heavy atom. The van der Waals surface area contributed by atoms with Crippen molar-refractivity contribution < 1.29 is 13.2 Å². The molecule has 5 nitrogen and oxygen atoms in total. The van der Waals surface area contributed by atoms with Crippen molar-refractivity contribution in [2.45, 2.75) is 42.5 Å². The number of benzene rings is 1. The van der Waals surface area contributed by atoms with E-state index in [9.17, 15) is 13.2 Å². The molecular formula is C20H24N2O3S2. The fourth-order valence-corrected chi connectivity index (χ4v) is 5.25. The van der Waals surface area contributed by atoms with Gasteiger partial charge in [-0.2, -0.15) is 4.31 Å². The highest BCUT2D eigenvalue weighted by molar-refractivity contribution is 7.99. The second-order valence-corrected chi connectivity index (χ2v) is 9.54. The minimum absolute atomic E-state index is 0.0404. The summed E-state index contributed by atoms with van der Waals surface area (Å²) in [7, 11) is -3.44. The molecule has 0 bridgehead atoms. The first-order chi connectivity index (χ1) is 13.0. The van der Waals surface area contributed by atoms with Gasteiger partial charge in [0.2, 0.25) is 10.0 Å². The molecule has 1 aromatic heterocycles. The van der Waals surface area contributed by atoms with E-state index in [0.29, 0.717) is 23.7 Å². The molecule has 0 N–H and O–H groups in total. The van der Waals surface area contributed by atoms with Crippen LogP contribution in [-0.2, 0) is 16.4 Å². The Bertz CT molecular complexity index is 872. The molecule has 144 valence electrons. The topological polar surface area (TPSA) is 67.3 Å². The van der Waals surface area contributed by atoms with Crippen LogP contribution in [0, 0.1) is 0 Å². The maximum atomic E-state index is 12.5. The minimum Gasteiger partial charge on any atom is -0.293 e. The van der Waals surface area contributed by atoms with E-state index in [1.807, 2.05) is 24.3 Å². The zero-order valence-electron chi connectivity index (χ0n) is 15.4. The quantitative estimate of drug-likeness (QED) is 0.495. The summed E-state index contributed by atoms with van der Waals surface area (Å²) in [5.41, 5.74) is 1.92. The van der Waals surface area contributed by atoms with Crippen molar-refractivity contribution in [3.05, 3.63) is 53.7 Å². The van der Waals surface area contributed by atoms with Crippen LogP contribution in [0.4, 0.5) is 0 Å². The molecule has 0 atom stereocenters. The van der Waals surface area contributed by atoms with Gasteiger partial charge in [0, 0.05) is 24.8 Å². The molecule has 27 heavy (non-hydrogen) atoms. The summed E-state index contributed by atoms with van der Waals surface area (Å²) in [6.07, 6.45) is 5.29. The molecule has 2 heterocycles. The molecule has 3 rings (SSSR count). The van der Waals surface area contributed by atoms with E-state index in [2.05, 4.69) is 11.9 Å². The Balaban J connectivity index is 1.59. The number of carbonyl (C=O) groups excluding carboxylic acids is 1. The SMILES string of the molecule is CCCc1ccc(C(=O)CSc2ccc(S(=O)(=O)N3CCCC3)cn2)cc1. The highest BCUT2D eigenvalue weighted by atomic mass is 32.2. The van der Waals surface area contributed by atoms with Crippen LogP contribution in [0.15, 0.2) is 52.5 Å². The summed E-state index contributed by atoms with van der Waals surface area (Å²) >= 11 is 1.32. The van der Waals surface area contributed by atoms with Crippen LogP contribution < -0.4 is 0 Å². The Hall–Kier alpha value is -1.70. The molecule has 0 radical (unpaired) electrons. The van der Waals surface area contributed by atoms with Gasteiger partial charge in [-0.1, -0.05) is 49.4 Å². The number of aromatic nitrogens is 1. The van der Waals surface area contributed by atoms with E-state index in [-0.39, 0.29) is 16.4 Å². The van der Waals surface area contributed by atoms with E-state index in [1.54, 1.807) is 12.1 Å². The summed E-state index contributed by atoms with van der Waals surface area (Å²) in [6.45, 7) is 3.28. The molecule has 7 heteroatoms. The van der Waals surface area contributed by atoms with E-state index < -0.39 is 10.0 Å². The summed E-state index contributed by atoms with van der Waals surface area (Å²) in [5.74, 6) is 0.317. The summed E-state index contributed by atoms with van der Waals surface area (Å²) < 4.78 is 26.5. The summed E-state index contributed by atoms with van der Waals surface area (Å²) in [4.78, 5) is 16.8. The molecule has 1 aliphatic heterocycles. The second-order valence-electron chi connectivity index (χ2n) is 6.60. The van der Waals surface area contributed by atoms with Crippen molar-refractivity contribution in [3.63, 3.8) is 0 Å². The van der Waals surface area contributed by atoms with Gasteiger partial charge in [-0.15, -0.1) is 0 Å². The van der Waals surface area contributed by atoms with Crippen molar-refractivity contribution in [3.8, 4) is 0 Å². The normalized spacial score (nSPS) is 15.1. The maximum absolute atomic E-state index is 12.5. The predicted octanol–water partition coefficient (Wildman–Crippen LogP) is 3.79. The third kappa shape index (κ3) is 4.97. The molecule has 2 aromatic rings. The number of sulfonamides is 1. The van der Waals surface area contributed by atoms with Crippen molar-refractivity contribution in [1.29, 1.82) is 0 Å². The standard InChI is InChI=1S/C20H24N2O3S2/c1-2-5-16-6-8-17(9-7-16)19(23)15-26-20-11-10-18(14-21-20)27(24,25)22-12-3-4-13-22/h6-11,14H,2-5,12-13,15H2,1H3. The van der Waals surface area contributed by atoms with Gasteiger partial charge >= 0.3 is 0 Å². The highest BCUT2D eigenvalue weighted by Crippen LogP contribution is 2.23. The molecule has 1 fully saturated rings. The van der Waals surface area contributed by atoms with Crippen LogP contribution in [0.5, 0.6) is 0 Å². The van der Waals surface area contributed by atoms with Crippen LogP contribution in [0.2, 0.25) is 0 Å². The average molecular weight is 405 g/mol. The van der Waals surface area contributed by atoms with Gasteiger partial charge in [-0.25, -0.2) is 13.4 Å². The zero-order chi connectivity index (χ0) is 19.3. The van der Waals surface area contributed by atoms with Crippen LogP contribution >= 0.6 is 11.8 Å². The van der Waals surface area contributed by atoms with Gasteiger partial charge in [0.05, 0.1) is 10.8 Å². The monoisotopic (exact) mass is 404 g/mol. The molecule has 0 spiro atoms. The number of thioether (sulfide) groups is 1. The fourth-order valence-electron chi connectivity index (χ4n) is 3.05. The number of nitrogens with zero attached hydrogens (tertiary/aromatic N) is 2. The lowest BCUT2D eigenvalue weighted by Gasteiger charge is -2.15. The molecule has 1 aromatic carbocycles. The Morgan fingerprint density at radius 3 is 2.41 bits per heavy atom. The second kappa shape index (κ2) is 8.99. The third-order valence-corrected chi connectivity index (χ3v) is 7.40. The predicted molar refractivity (Wildman–Crippen MR) is 108 cm³/mol. The zero-order valence-corrected chi connectivity index (χ0v) is 17.1. The largest absolute Gasteiger partial charge is 0.293 e. The van der Waals surface area contributed by atoms with Gasteiger partial charge in [0.25, 0.3) is 0 Å². The molecule has 1 aliphatic rings. The van der Waals surface area contributed by atoms with Crippen LogP contribution in [0.25, 0.3) is 0 Å². The number of pyridine rings is 1. The lowest BCUT2D eigenvalue weighted by atomic mass is 10.1. The van der Waals surface area contributed by atoms with Gasteiger partial charge in [-0.05, 0) is 37.0 Å². The number of hydrogen-bond donors (Lipinski definition) is 0. The fraction of sp³-hybridized carbons (Fsp3) is 0.400. The lowest BCUT2D eigenvalue weighted by molar-refractivity contribution is 0.102. The van der Waals surface area contributed by atoms with Gasteiger partial charge in [0.15, 0.2) is 5.78 Å². The van der Waals surface area contributed by atoms with Gasteiger partial charge in [-0.3, -0.25) is 4.79 Å². The number of rotatable bonds is 8. The van der Waals surface area contributed by atoms with Gasteiger partial charge in [0.1, 0.15) is 4.90 Å². The Labute approximate surface area is 165 Å². The number of Topliss-reactive ketones (excluding diaryl/α,β-unsaturated/α-hetero) is 1. The number of hydrogen-bond acceptors (Lipinski definition) is 5. The molecule has 0 amide bonds. The highest BCUT2D eigenvalue weighted by Gasteiger charge is 2.27. The van der Waals surface area contributed by atoms with Crippen molar-refractivity contribution in [2.24, 2.45) is 0 Å².